The van der Waals surface area contributed by atoms with Crippen molar-refractivity contribution in [2.75, 3.05) is 21.1 Å². The highest BCUT2D eigenvalue weighted by Crippen LogP contribution is 2.08. The van der Waals surface area contributed by atoms with Crippen LogP contribution in [0.4, 0.5) is 0 Å². The summed E-state index contributed by atoms with van der Waals surface area (Å²) >= 11 is 0. The molecule has 0 saturated carbocycles. The third-order valence-electron chi connectivity index (χ3n) is 4.32. The summed E-state index contributed by atoms with van der Waals surface area (Å²) in [6.45, 7) is 3.60. The van der Waals surface area contributed by atoms with E-state index in [1.165, 1.54) is 11.1 Å². The SMILES string of the molecule is CCc1ccc(CN(C)C(=NC)NCc2ccc(C(=O)NC)cc2)cc1. The van der Waals surface area contributed by atoms with E-state index in [9.17, 15) is 4.79 Å². The van der Waals surface area contributed by atoms with Crippen molar-refractivity contribution in [3.05, 3.63) is 70.8 Å². The van der Waals surface area contributed by atoms with E-state index in [1.807, 2.05) is 31.3 Å². The number of carbonyl (C=O) groups is 1. The van der Waals surface area contributed by atoms with Gasteiger partial charge in [0.05, 0.1) is 0 Å². The third kappa shape index (κ3) is 5.34. The fourth-order valence-electron chi connectivity index (χ4n) is 2.71. The standard InChI is InChI=1S/C21H28N4O/c1-5-16-6-8-18(9-7-16)15-25(4)21(23-3)24-14-17-10-12-19(13-11-17)20(26)22-2/h6-13H,5,14-15H2,1-4H3,(H,22,26)(H,23,24). The van der Waals surface area contributed by atoms with Crippen LogP contribution in [-0.2, 0) is 19.5 Å². The lowest BCUT2D eigenvalue weighted by atomic mass is 10.1. The van der Waals surface area contributed by atoms with Crippen molar-refractivity contribution in [1.29, 1.82) is 0 Å². The van der Waals surface area contributed by atoms with Gasteiger partial charge in [-0.15, -0.1) is 0 Å². The van der Waals surface area contributed by atoms with E-state index in [4.69, 9.17) is 0 Å². The average Bonchev–Trinajstić information content (AvgIpc) is 2.69. The zero-order chi connectivity index (χ0) is 18.9. The number of rotatable bonds is 6. The molecule has 0 aliphatic rings. The van der Waals surface area contributed by atoms with Crippen LogP contribution in [0.25, 0.3) is 0 Å². The lowest BCUT2D eigenvalue weighted by molar-refractivity contribution is 0.0963. The van der Waals surface area contributed by atoms with Crippen LogP contribution in [0, 0.1) is 0 Å². The van der Waals surface area contributed by atoms with Gasteiger partial charge in [0.2, 0.25) is 0 Å². The number of carbonyl (C=O) groups excluding carboxylic acids is 1. The molecule has 0 unspecified atom stereocenters. The van der Waals surface area contributed by atoms with Gasteiger partial charge in [0.1, 0.15) is 0 Å². The van der Waals surface area contributed by atoms with E-state index < -0.39 is 0 Å². The molecule has 0 radical (unpaired) electrons. The van der Waals surface area contributed by atoms with E-state index in [0.717, 1.165) is 24.5 Å². The predicted octanol–water partition coefficient (Wildman–Crippen LogP) is 2.82. The lowest BCUT2D eigenvalue weighted by Gasteiger charge is -2.22. The maximum absolute atomic E-state index is 11.6. The van der Waals surface area contributed by atoms with Crippen molar-refractivity contribution in [1.82, 2.24) is 15.5 Å². The van der Waals surface area contributed by atoms with Crippen molar-refractivity contribution < 1.29 is 4.79 Å². The molecular formula is C21H28N4O. The molecular weight excluding hydrogens is 324 g/mol. The Bertz CT molecular complexity index is 736. The molecule has 0 aromatic heterocycles. The second-order valence-corrected chi connectivity index (χ2v) is 6.20. The monoisotopic (exact) mass is 352 g/mol. The van der Waals surface area contributed by atoms with E-state index in [1.54, 1.807) is 14.1 Å². The summed E-state index contributed by atoms with van der Waals surface area (Å²) < 4.78 is 0. The predicted molar refractivity (Wildman–Crippen MR) is 107 cm³/mol. The molecule has 1 amide bonds. The Labute approximate surface area is 156 Å². The summed E-state index contributed by atoms with van der Waals surface area (Å²) in [5.74, 6) is 0.758. The van der Waals surface area contributed by atoms with Gasteiger partial charge in [0.25, 0.3) is 5.91 Å². The summed E-state index contributed by atoms with van der Waals surface area (Å²) in [4.78, 5) is 18.0. The molecule has 0 heterocycles. The molecule has 0 fully saturated rings. The molecule has 0 aliphatic carbocycles. The Balaban J connectivity index is 1.92. The van der Waals surface area contributed by atoms with Crippen molar-refractivity contribution in [2.24, 2.45) is 4.99 Å². The second-order valence-electron chi connectivity index (χ2n) is 6.20. The van der Waals surface area contributed by atoms with E-state index >= 15 is 0 Å². The quantitative estimate of drug-likeness (QED) is 0.621. The summed E-state index contributed by atoms with van der Waals surface area (Å²) in [5.41, 5.74) is 4.36. The van der Waals surface area contributed by atoms with Crippen molar-refractivity contribution in [3.8, 4) is 0 Å². The first kappa shape index (κ1) is 19.5. The normalized spacial score (nSPS) is 11.2. The number of hydrogen-bond acceptors (Lipinski definition) is 2. The van der Waals surface area contributed by atoms with Gasteiger partial charge in [-0.2, -0.15) is 0 Å². The molecule has 0 atom stereocenters. The number of benzene rings is 2. The molecule has 2 aromatic rings. The third-order valence-corrected chi connectivity index (χ3v) is 4.32. The molecule has 2 aromatic carbocycles. The highest BCUT2D eigenvalue weighted by molar-refractivity contribution is 5.93. The lowest BCUT2D eigenvalue weighted by Crippen LogP contribution is -2.38. The van der Waals surface area contributed by atoms with Gasteiger partial charge in [-0.1, -0.05) is 43.3 Å². The van der Waals surface area contributed by atoms with E-state index in [2.05, 4.69) is 51.7 Å². The fraction of sp³-hybridized carbons (Fsp3) is 0.333. The number of amides is 1. The smallest absolute Gasteiger partial charge is 0.251 e. The maximum atomic E-state index is 11.6. The average molecular weight is 352 g/mol. The Hall–Kier alpha value is -2.82. The van der Waals surface area contributed by atoms with Crippen molar-refractivity contribution in [3.63, 3.8) is 0 Å². The van der Waals surface area contributed by atoms with Gasteiger partial charge in [-0.3, -0.25) is 9.79 Å². The fourth-order valence-corrected chi connectivity index (χ4v) is 2.71. The number of aryl methyl sites for hydroxylation is 1. The minimum atomic E-state index is -0.0749. The molecule has 138 valence electrons. The Morgan fingerprint density at radius 3 is 2.12 bits per heavy atom. The van der Waals surface area contributed by atoms with Gasteiger partial charge < -0.3 is 15.5 Å². The molecule has 0 bridgehead atoms. The van der Waals surface area contributed by atoms with Crippen LogP contribution < -0.4 is 10.6 Å². The molecule has 0 spiro atoms. The highest BCUT2D eigenvalue weighted by Gasteiger charge is 2.07. The summed E-state index contributed by atoms with van der Waals surface area (Å²) in [6.07, 6.45) is 1.05. The van der Waals surface area contributed by atoms with Crippen molar-refractivity contribution >= 4 is 11.9 Å². The van der Waals surface area contributed by atoms with E-state index in [-0.39, 0.29) is 5.91 Å². The van der Waals surface area contributed by atoms with E-state index in [0.29, 0.717) is 12.1 Å². The van der Waals surface area contributed by atoms with Gasteiger partial charge in [-0.25, -0.2) is 0 Å². The Morgan fingerprint density at radius 1 is 1.00 bits per heavy atom. The second kappa shape index (κ2) is 9.61. The van der Waals surface area contributed by atoms with Gasteiger partial charge in [0.15, 0.2) is 5.96 Å². The molecule has 5 nitrogen and oxygen atoms in total. The zero-order valence-electron chi connectivity index (χ0n) is 16.0. The first-order valence-corrected chi connectivity index (χ1v) is 8.88. The molecule has 0 saturated heterocycles. The Kier molecular flexibility index (Phi) is 7.21. The number of hydrogen-bond donors (Lipinski definition) is 2. The number of guanidine groups is 1. The van der Waals surface area contributed by atoms with Crippen LogP contribution in [0.5, 0.6) is 0 Å². The molecule has 2 N–H and O–H groups in total. The summed E-state index contributed by atoms with van der Waals surface area (Å²) in [7, 11) is 5.44. The molecule has 2 rings (SSSR count). The van der Waals surface area contributed by atoms with Crippen LogP contribution in [-0.4, -0.2) is 37.9 Å². The minimum absolute atomic E-state index is 0.0749. The Morgan fingerprint density at radius 2 is 1.58 bits per heavy atom. The van der Waals surface area contributed by atoms with Gasteiger partial charge in [-0.05, 0) is 35.2 Å². The minimum Gasteiger partial charge on any atom is -0.355 e. The zero-order valence-corrected chi connectivity index (χ0v) is 16.0. The number of nitrogens with one attached hydrogen (secondary N) is 2. The van der Waals surface area contributed by atoms with Crippen LogP contribution >= 0.6 is 0 Å². The molecule has 0 aliphatic heterocycles. The number of nitrogens with zero attached hydrogens (tertiary/aromatic N) is 2. The van der Waals surface area contributed by atoms with Crippen LogP contribution in [0.3, 0.4) is 0 Å². The summed E-state index contributed by atoms with van der Waals surface area (Å²) in [5, 5.41) is 5.99. The largest absolute Gasteiger partial charge is 0.355 e. The van der Waals surface area contributed by atoms with Crippen LogP contribution in [0.15, 0.2) is 53.5 Å². The molecule has 5 heteroatoms. The first-order chi connectivity index (χ1) is 12.6. The van der Waals surface area contributed by atoms with Gasteiger partial charge in [0, 0.05) is 39.8 Å². The summed E-state index contributed by atoms with van der Waals surface area (Å²) in [6, 6.07) is 16.2. The molecule has 26 heavy (non-hydrogen) atoms. The maximum Gasteiger partial charge on any atom is 0.251 e. The number of aliphatic imine (C=N–C) groups is 1. The first-order valence-electron chi connectivity index (χ1n) is 8.88. The van der Waals surface area contributed by atoms with Gasteiger partial charge >= 0.3 is 0 Å². The van der Waals surface area contributed by atoms with Crippen molar-refractivity contribution in [2.45, 2.75) is 26.4 Å². The van der Waals surface area contributed by atoms with Crippen LogP contribution in [0.1, 0.15) is 34.0 Å². The topological polar surface area (TPSA) is 56.7 Å². The van der Waals surface area contributed by atoms with Crippen LogP contribution in [0.2, 0.25) is 0 Å². The highest BCUT2D eigenvalue weighted by atomic mass is 16.1.